The molecule has 0 saturated heterocycles. The van der Waals surface area contributed by atoms with Gasteiger partial charge < -0.3 is 5.73 Å². The normalized spacial score (nSPS) is 13.4. The van der Waals surface area contributed by atoms with E-state index in [0.717, 1.165) is 6.07 Å². The Kier molecular flexibility index (Phi) is 3.16. The SMILES string of the molecule is CC(C)[C@@H](N)c1ccc(F)c(F)c1F. The molecule has 1 aromatic rings. The fourth-order valence-corrected chi connectivity index (χ4v) is 1.16. The lowest BCUT2D eigenvalue weighted by atomic mass is 9.96. The van der Waals surface area contributed by atoms with Crippen LogP contribution in [0, 0.1) is 23.4 Å². The Morgan fingerprint density at radius 2 is 1.64 bits per heavy atom. The van der Waals surface area contributed by atoms with Crippen molar-refractivity contribution in [2.24, 2.45) is 11.7 Å². The zero-order chi connectivity index (χ0) is 10.9. The molecule has 0 heterocycles. The molecule has 0 bridgehead atoms. The molecule has 0 saturated carbocycles. The quantitative estimate of drug-likeness (QED) is 0.735. The predicted octanol–water partition coefficient (Wildman–Crippen LogP) is 2.76. The Bertz CT molecular complexity index is 336. The number of halogens is 3. The molecule has 4 heteroatoms. The highest BCUT2D eigenvalue weighted by molar-refractivity contribution is 5.23. The highest BCUT2D eigenvalue weighted by Crippen LogP contribution is 2.24. The van der Waals surface area contributed by atoms with Crippen molar-refractivity contribution >= 4 is 0 Å². The van der Waals surface area contributed by atoms with Crippen LogP contribution in [0.3, 0.4) is 0 Å². The van der Waals surface area contributed by atoms with Gasteiger partial charge in [-0.25, -0.2) is 13.2 Å². The first kappa shape index (κ1) is 11.0. The van der Waals surface area contributed by atoms with Crippen LogP contribution in [0.25, 0.3) is 0 Å². The molecule has 1 nitrogen and oxygen atoms in total. The molecule has 78 valence electrons. The van der Waals surface area contributed by atoms with Crippen LogP contribution in [-0.2, 0) is 0 Å². The van der Waals surface area contributed by atoms with Gasteiger partial charge in [-0.1, -0.05) is 19.9 Å². The van der Waals surface area contributed by atoms with Crippen LogP contribution in [-0.4, -0.2) is 0 Å². The molecular weight excluding hydrogens is 191 g/mol. The number of hydrogen-bond donors (Lipinski definition) is 1. The van der Waals surface area contributed by atoms with Gasteiger partial charge in [0.05, 0.1) is 0 Å². The molecule has 0 aliphatic rings. The lowest BCUT2D eigenvalue weighted by Gasteiger charge is -2.16. The molecule has 1 rings (SSSR count). The van der Waals surface area contributed by atoms with E-state index in [0.29, 0.717) is 0 Å². The Hall–Kier alpha value is -1.03. The maximum absolute atomic E-state index is 13.2. The average Bonchev–Trinajstić information content (AvgIpc) is 2.13. The summed E-state index contributed by atoms with van der Waals surface area (Å²) in [4.78, 5) is 0. The van der Waals surface area contributed by atoms with E-state index in [4.69, 9.17) is 5.73 Å². The van der Waals surface area contributed by atoms with Gasteiger partial charge in [-0.15, -0.1) is 0 Å². The van der Waals surface area contributed by atoms with Crippen molar-refractivity contribution in [2.75, 3.05) is 0 Å². The maximum atomic E-state index is 13.2. The van der Waals surface area contributed by atoms with Crippen LogP contribution in [0.4, 0.5) is 13.2 Å². The van der Waals surface area contributed by atoms with Gasteiger partial charge in [0.1, 0.15) is 0 Å². The number of rotatable bonds is 2. The van der Waals surface area contributed by atoms with E-state index in [-0.39, 0.29) is 11.5 Å². The molecule has 0 amide bonds. The molecule has 1 aromatic carbocycles. The van der Waals surface area contributed by atoms with Crippen molar-refractivity contribution < 1.29 is 13.2 Å². The van der Waals surface area contributed by atoms with Crippen molar-refractivity contribution in [1.29, 1.82) is 0 Å². The van der Waals surface area contributed by atoms with E-state index in [9.17, 15) is 13.2 Å². The number of benzene rings is 1. The molecule has 0 unspecified atom stereocenters. The van der Waals surface area contributed by atoms with Gasteiger partial charge in [0.15, 0.2) is 17.5 Å². The second kappa shape index (κ2) is 4.00. The monoisotopic (exact) mass is 203 g/mol. The van der Waals surface area contributed by atoms with Gasteiger partial charge in [-0.2, -0.15) is 0 Å². The summed E-state index contributed by atoms with van der Waals surface area (Å²) < 4.78 is 38.6. The minimum Gasteiger partial charge on any atom is -0.324 e. The van der Waals surface area contributed by atoms with E-state index in [1.54, 1.807) is 13.8 Å². The van der Waals surface area contributed by atoms with Gasteiger partial charge in [-0.05, 0) is 12.0 Å². The highest BCUT2D eigenvalue weighted by Gasteiger charge is 2.19. The lowest BCUT2D eigenvalue weighted by Crippen LogP contribution is -2.19. The summed E-state index contributed by atoms with van der Waals surface area (Å²) in [7, 11) is 0. The third kappa shape index (κ3) is 1.90. The van der Waals surface area contributed by atoms with E-state index < -0.39 is 23.5 Å². The van der Waals surface area contributed by atoms with Crippen molar-refractivity contribution in [3.05, 3.63) is 35.1 Å². The van der Waals surface area contributed by atoms with E-state index in [1.165, 1.54) is 6.07 Å². The maximum Gasteiger partial charge on any atom is 0.194 e. The Balaban J connectivity index is 3.17. The van der Waals surface area contributed by atoms with Crippen LogP contribution < -0.4 is 5.73 Å². The molecule has 0 aliphatic heterocycles. The molecule has 0 radical (unpaired) electrons. The highest BCUT2D eigenvalue weighted by atomic mass is 19.2. The molecule has 2 N–H and O–H groups in total. The zero-order valence-corrected chi connectivity index (χ0v) is 8.02. The largest absolute Gasteiger partial charge is 0.324 e. The fourth-order valence-electron chi connectivity index (χ4n) is 1.16. The Morgan fingerprint density at radius 3 is 2.14 bits per heavy atom. The first-order chi connectivity index (χ1) is 6.45. The van der Waals surface area contributed by atoms with Crippen LogP contribution >= 0.6 is 0 Å². The first-order valence-corrected chi connectivity index (χ1v) is 4.34. The predicted molar refractivity (Wildman–Crippen MR) is 48.1 cm³/mol. The minimum atomic E-state index is -1.46. The fraction of sp³-hybridized carbons (Fsp3) is 0.400. The van der Waals surface area contributed by atoms with Crippen molar-refractivity contribution in [1.82, 2.24) is 0 Å². The Labute approximate surface area is 80.7 Å². The van der Waals surface area contributed by atoms with E-state index in [1.807, 2.05) is 0 Å². The van der Waals surface area contributed by atoms with Crippen molar-refractivity contribution in [3.8, 4) is 0 Å². The summed E-state index contributed by atoms with van der Waals surface area (Å²) >= 11 is 0. The minimum absolute atomic E-state index is 0.0129. The summed E-state index contributed by atoms with van der Waals surface area (Å²) in [5.74, 6) is -3.87. The Morgan fingerprint density at radius 1 is 1.07 bits per heavy atom. The molecule has 0 aliphatic carbocycles. The summed E-state index contributed by atoms with van der Waals surface area (Å²) in [5, 5.41) is 0. The standard InChI is InChI=1S/C10H12F3N/c1-5(2)10(14)6-3-4-7(11)9(13)8(6)12/h3-5,10H,14H2,1-2H3/t10-/m1/s1. The van der Waals surface area contributed by atoms with Gasteiger partial charge in [-0.3, -0.25) is 0 Å². The van der Waals surface area contributed by atoms with Crippen LogP contribution in [0.1, 0.15) is 25.5 Å². The molecule has 14 heavy (non-hydrogen) atoms. The molecular formula is C10H12F3N. The third-order valence-corrected chi connectivity index (χ3v) is 2.14. The molecule has 0 spiro atoms. The van der Waals surface area contributed by atoms with Gasteiger partial charge in [0.25, 0.3) is 0 Å². The van der Waals surface area contributed by atoms with Crippen LogP contribution in [0.5, 0.6) is 0 Å². The van der Waals surface area contributed by atoms with Gasteiger partial charge in [0.2, 0.25) is 0 Å². The summed E-state index contributed by atoms with van der Waals surface area (Å²) in [5.41, 5.74) is 5.64. The van der Waals surface area contributed by atoms with Gasteiger partial charge >= 0.3 is 0 Å². The molecule has 0 aromatic heterocycles. The second-order valence-electron chi connectivity index (χ2n) is 3.53. The smallest absolute Gasteiger partial charge is 0.194 e. The lowest BCUT2D eigenvalue weighted by molar-refractivity contribution is 0.420. The first-order valence-electron chi connectivity index (χ1n) is 4.34. The van der Waals surface area contributed by atoms with Crippen LogP contribution in [0.2, 0.25) is 0 Å². The second-order valence-corrected chi connectivity index (χ2v) is 3.53. The number of hydrogen-bond acceptors (Lipinski definition) is 1. The van der Waals surface area contributed by atoms with E-state index in [2.05, 4.69) is 0 Å². The zero-order valence-electron chi connectivity index (χ0n) is 8.02. The average molecular weight is 203 g/mol. The van der Waals surface area contributed by atoms with Crippen molar-refractivity contribution in [3.63, 3.8) is 0 Å². The molecule has 1 atom stereocenters. The summed E-state index contributed by atoms with van der Waals surface area (Å²) in [6, 6.07) is 1.44. The van der Waals surface area contributed by atoms with E-state index >= 15 is 0 Å². The third-order valence-electron chi connectivity index (χ3n) is 2.14. The van der Waals surface area contributed by atoms with Crippen molar-refractivity contribution in [2.45, 2.75) is 19.9 Å². The van der Waals surface area contributed by atoms with Crippen LogP contribution in [0.15, 0.2) is 12.1 Å². The summed E-state index contributed by atoms with van der Waals surface area (Å²) in [6.45, 7) is 3.57. The summed E-state index contributed by atoms with van der Waals surface area (Å²) in [6.07, 6.45) is 0. The number of nitrogens with two attached hydrogens (primary N) is 1. The topological polar surface area (TPSA) is 26.0 Å². The van der Waals surface area contributed by atoms with Gasteiger partial charge in [0, 0.05) is 11.6 Å². The molecule has 0 fully saturated rings.